The van der Waals surface area contributed by atoms with Crippen molar-refractivity contribution in [2.24, 2.45) is 0 Å². The molecule has 0 aliphatic carbocycles. The van der Waals surface area contributed by atoms with Gasteiger partial charge in [0.2, 0.25) is 0 Å². The zero-order valence-corrected chi connectivity index (χ0v) is 22.6. The van der Waals surface area contributed by atoms with Crippen LogP contribution in [0.1, 0.15) is 0 Å². The molecule has 0 heterocycles. The molecule has 4 rings (SSSR count). The first-order valence-electron chi connectivity index (χ1n) is 10.7. The van der Waals surface area contributed by atoms with Gasteiger partial charge in [-0.05, 0) is 59.7 Å². The van der Waals surface area contributed by atoms with Gasteiger partial charge in [0.1, 0.15) is 0 Å². The molecule has 0 atom stereocenters. The molecule has 10 nitrogen and oxygen atoms in total. The summed E-state index contributed by atoms with van der Waals surface area (Å²) >= 11 is 0. The molecule has 4 aromatic carbocycles. The van der Waals surface area contributed by atoms with E-state index in [2.05, 4.69) is 0 Å². The van der Waals surface area contributed by atoms with Gasteiger partial charge in [-0.25, -0.2) is 33.7 Å². The van der Waals surface area contributed by atoms with Crippen molar-refractivity contribution in [2.75, 3.05) is 0 Å². The molecule has 0 saturated carbocycles. The van der Waals surface area contributed by atoms with Gasteiger partial charge in [0.15, 0.2) is 0 Å². The highest BCUT2D eigenvalue weighted by atomic mass is 32.3. The van der Waals surface area contributed by atoms with Crippen molar-refractivity contribution < 1.29 is 33.7 Å². The fourth-order valence-corrected chi connectivity index (χ4v) is 9.27. The lowest BCUT2D eigenvalue weighted by Crippen LogP contribution is -2.30. The van der Waals surface area contributed by atoms with Crippen LogP contribution >= 0.6 is 0 Å². The molecule has 38 heavy (non-hydrogen) atoms. The standard InChI is InChI=1S/C24H20N2O8S4/c27-35(28,21-9-3-1-4-10-21)25-37(31,32)23-16-14-19(15-17-23)20-8-7-13-24(18-20)38(33,34)26-36(29,30)22-11-5-2-6-12-22/h1-18,25-26H. The summed E-state index contributed by atoms with van der Waals surface area (Å²) in [6.07, 6.45) is 0. The van der Waals surface area contributed by atoms with Crippen LogP contribution in [-0.2, 0) is 40.1 Å². The lowest BCUT2D eigenvalue weighted by Gasteiger charge is -2.11. The van der Waals surface area contributed by atoms with E-state index < -0.39 is 40.1 Å². The van der Waals surface area contributed by atoms with Crippen LogP contribution in [0, 0.1) is 0 Å². The van der Waals surface area contributed by atoms with Crippen LogP contribution < -0.4 is 8.25 Å². The van der Waals surface area contributed by atoms with Crippen molar-refractivity contribution in [3.63, 3.8) is 0 Å². The summed E-state index contributed by atoms with van der Waals surface area (Å²) in [4.78, 5) is -1.11. The van der Waals surface area contributed by atoms with Crippen molar-refractivity contribution >= 4 is 40.1 Å². The third kappa shape index (κ3) is 6.18. The van der Waals surface area contributed by atoms with Crippen LogP contribution in [0.25, 0.3) is 11.1 Å². The van der Waals surface area contributed by atoms with Gasteiger partial charge < -0.3 is 0 Å². The molecule has 2 N–H and O–H groups in total. The zero-order chi connectivity index (χ0) is 27.6. The predicted octanol–water partition coefficient (Wildman–Crippen LogP) is 2.69. The van der Waals surface area contributed by atoms with E-state index in [1.807, 2.05) is 0 Å². The summed E-state index contributed by atoms with van der Waals surface area (Å²) in [5, 5.41) is 0. The van der Waals surface area contributed by atoms with E-state index in [0.29, 0.717) is 11.1 Å². The SMILES string of the molecule is O=S(=O)(NS(=O)(=O)c1ccc(-c2cccc(S(=O)(=O)NS(=O)(=O)c3ccccc3)c2)cc1)c1ccccc1. The third-order valence-corrected chi connectivity index (χ3v) is 12.3. The Hall–Kier alpha value is -3.40. The van der Waals surface area contributed by atoms with Gasteiger partial charge >= 0.3 is 0 Å². The summed E-state index contributed by atoms with van der Waals surface area (Å²) < 4.78 is 104. The first-order valence-corrected chi connectivity index (χ1v) is 16.6. The molecule has 0 aliphatic heterocycles. The monoisotopic (exact) mass is 592 g/mol. The minimum Gasteiger partial charge on any atom is -0.206 e. The molecule has 14 heteroatoms. The summed E-state index contributed by atoms with van der Waals surface area (Å²) in [5.74, 6) is 0. The number of rotatable bonds is 9. The Labute approximate surface area is 221 Å². The zero-order valence-electron chi connectivity index (χ0n) is 19.3. The Morgan fingerprint density at radius 1 is 0.342 bits per heavy atom. The highest BCUT2D eigenvalue weighted by molar-refractivity contribution is 8.05. The van der Waals surface area contributed by atoms with Crippen molar-refractivity contribution in [1.29, 1.82) is 0 Å². The average Bonchev–Trinajstić information content (AvgIpc) is 2.89. The topological polar surface area (TPSA) is 161 Å². The molecule has 0 fully saturated rings. The lowest BCUT2D eigenvalue weighted by molar-refractivity contribution is 0.573. The summed E-state index contributed by atoms with van der Waals surface area (Å²) in [6, 6.07) is 24.5. The van der Waals surface area contributed by atoms with Crippen LogP contribution in [0.15, 0.2) is 129 Å². The minimum absolute atomic E-state index is 0.221. The first-order chi connectivity index (χ1) is 17.8. The van der Waals surface area contributed by atoms with Gasteiger partial charge in [-0.15, -0.1) is 8.25 Å². The van der Waals surface area contributed by atoms with E-state index in [9.17, 15) is 33.7 Å². The van der Waals surface area contributed by atoms with E-state index in [4.69, 9.17) is 0 Å². The van der Waals surface area contributed by atoms with Gasteiger partial charge in [-0.1, -0.05) is 60.7 Å². The van der Waals surface area contributed by atoms with Crippen molar-refractivity contribution in [2.45, 2.75) is 19.6 Å². The summed E-state index contributed by atoms with van der Waals surface area (Å²) in [6.45, 7) is 0. The second-order valence-corrected chi connectivity index (χ2v) is 15.1. The van der Waals surface area contributed by atoms with E-state index in [-0.39, 0.29) is 19.6 Å². The number of hydrogen-bond acceptors (Lipinski definition) is 8. The predicted molar refractivity (Wildman–Crippen MR) is 140 cm³/mol. The van der Waals surface area contributed by atoms with Crippen molar-refractivity contribution in [3.8, 4) is 11.1 Å². The second kappa shape index (κ2) is 10.4. The first kappa shape index (κ1) is 27.6. The fraction of sp³-hybridized carbons (Fsp3) is 0. The quantitative estimate of drug-likeness (QED) is 0.300. The van der Waals surface area contributed by atoms with Crippen LogP contribution in [0.5, 0.6) is 0 Å². The van der Waals surface area contributed by atoms with Crippen LogP contribution in [0.4, 0.5) is 0 Å². The largest absolute Gasteiger partial charge is 0.253 e. The van der Waals surface area contributed by atoms with Crippen molar-refractivity contribution in [1.82, 2.24) is 8.25 Å². The Balaban J connectivity index is 1.58. The van der Waals surface area contributed by atoms with Gasteiger partial charge in [-0.3, -0.25) is 0 Å². The smallest absolute Gasteiger partial charge is 0.206 e. The Morgan fingerprint density at radius 3 is 1.16 bits per heavy atom. The molecule has 0 spiro atoms. The molecule has 0 aromatic heterocycles. The molecule has 0 aliphatic rings. The maximum atomic E-state index is 12.8. The molecular weight excluding hydrogens is 573 g/mol. The maximum Gasteiger partial charge on any atom is 0.253 e. The Kier molecular flexibility index (Phi) is 7.56. The fourth-order valence-electron chi connectivity index (χ4n) is 3.35. The van der Waals surface area contributed by atoms with E-state index in [1.165, 1.54) is 78.9 Å². The van der Waals surface area contributed by atoms with Gasteiger partial charge in [-0.2, -0.15) is 0 Å². The highest BCUT2D eigenvalue weighted by Gasteiger charge is 2.26. The molecule has 4 aromatic rings. The molecule has 0 saturated heterocycles. The number of sulfonamides is 4. The van der Waals surface area contributed by atoms with E-state index in [0.717, 1.165) is 12.1 Å². The molecular formula is C24H20N2O8S4. The molecule has 0 unspecified atom stereocenters. The number of benzene rings is 4. The van der Waals surface area contributed by atoms with Gasteiger partial charge in [0.25, 0.3) is 40.1 Å². The average molecular weight is 593 g/mol. The maximum absolute atomic E-state index is 12.8. The minimum atomic E-state index is -4.49. The number of hydrogen-bond donors (Lipinski definition) is 2. The Morgan fingerprint density at radius 2 is 0.711 bits per heavy atom. The number of nitrogens with one attached hydrogen (secondary N) is 2. The normalized spacial score (nSPS) is 12.7. The van der Waals surface area contributed by atoms with Crippen LogP contribution in [0.3, 0.4) is 0 Å². The molecule has 198 valence electrons. The molecule has 0 radical (unpaired) electrons. The lowest BCUT2D eigenvalue weighted by atomic mass is 10.1. The van der Waals surface area contributed by atoms with E-state index in [1.54, 1.807) is 26.5 Å². The van der Waals surface area contributed by atoms with E-state index >= 15 is 0 Å². The van der Waals surface area contributed by atoms with Gasteiger partial charge in [0, 0.05) is 0 Å². The van der Waals surface area contributed by atoms with Crippen molar-refractivity contribution in [3.05, 3.63) is 109 Å². The third-order valence-electron chi connectivity index (χ3n) is 5.19. The summed E-state index contributed by atoms with van der Waals surface area (Å²) in [5.41, 5.74) is 0.747. The van der Waals surface area contributed by atoms with Crippen LogP contribution in [0.2, 0.25) is 0 Å². The highest BCUT2D eigenvalue weighted by Crippen LogP contribution is 2.25. The summed E-state index contributed by atoms with van der Waals surface area (Å²) in [7, 11) is -17.6. The second-order valence-electron chi connectivity index (χ2n) is 7.86. The molecule has 0 amide bonds. The molecule has 0 bridgehead atoms. The van der Waals surface area contributed by atoms with Gasteiger partial charge in [0.05, 0.1) is 19.6 Å². The van der Waals surface area contributed by atoms with Crippen LogP contribution in [-0.4, -0.2) is 33.7 Å². The Bertz CT molecular complexity index is 1890.